The van der Waals surface area contributed by atoms with E-state index in [9.17, 15) is 13.6 Å². The summed E-state index contributed by atoms with van der Waals surface area (Å²) >= 11 is 0. The van der Waals surface area contributed by atoms with Gasteiger partial charge >= 0.3 is 6.55 Å². The number of alkyl halides is 2. The van der Waals surface area contributed by atoms with E-state index < -0.39 is 6.55 Å². The second kappa shape index (κ2) is 6.23. The molecule has 3 aromatic rings. The monoisotopic (exact) mass is 348 g/mol. The van der Waals surface area contributed by atoms with E-state index in [2.05, 4.69) is 15.1 Å². The van der Waals surface area contributed by atoms with Crippen LogP contribution in [-0.2, 0) is 13.6 Å². The van der Waals surface area contributed by atoms with Crippen molar-refractivity contribution in [2.75, 3.05) is 7.05 Å². The highest BCUT2D eigenvalue weighted by Gasteiger charge is 2.22. The first-order valence-electron chi connectivity index (χ1n) is 7.66. The summed E-state index contributed by atoms with van der Waals surface area (Å²) in [5, 5.41) is 4.98. The summed E-state index contributed by atoms with van der Waals surface area (Å²) in [6, 6.07) is 1.69. The molecule has 132 valence electrons. The number of hydrogen-bond donors (Lipinski definition) is 0. The molecule has 0 radical (unpaired) electrons. The van der Waals surface area contributed by atoms with Gasteiger partial charge in [0.1, 0.15) is 5.82 Å². The first-order chi connectivity index (χ1) is 11.8. The number of halogens is 2. The molecule has 3 aromatic heterocycles. The summed E-state index contributed by atoms with van der Waals surface area (Å²) in [6.07, 6.45) is 2.48. The van der Waals surface area contributed by atoms with E-state index in [4.69, 9.17) is 0 Å². The van der Waals surface area contributed by atoms with Crippen molar-refractivity contribution < 1.29 is 13.6 Å². The van der Waals surface area contributed by atoms with Crippen LogP contribution in [0.3, 0.4) is 0 Å². The summed E-state index contributed by atoms with van der Waals surface area (Å²) in [5.74, 6) is -0.175. The summed E-state index contributed by atoms with van der Waals surface area (Å²) in [6.45, 7) is 0.872. The lowest BCUT2D eigenvalue weighted by Gasteiger charge is -2.18. The van der Waals surface area contributed by atoms with Crippen molar-refractivity contribution in [3.05, 3.63) is 41.2 Å². The molecule has 0 N–H and O–H groups in total. The molecule has 0 saturated carbocycles. The van der Waals surface area contributed by atoms with Gasteiger partial charge in [-0.1, -0.05) is 0 Å². The Morgan fingerprint density at radius 2 is 2.08 bits per heavy atom. The van der Waals surface area contributed by atoms with Gasteiger partial charge in [-0.25, -0.2) is 9.97 Å². The minimum atomic E-state index is -2.70. The molecule has 0 aliphatic rings. The Kier molecular flexibility index (Phi) is 4.23. The minimum absolute atomic E-state index is 0.0294. The van der Waals surface area contributed by atoms with Gasteiger partial charge < -0.3 is 4.90 Å². The molecule has 25 heavy (non-hydrogen) atoms. The maximum atomic E-state index is 13.0. The molecule has 7 nitrogen and oxygen atoms in total. The van der Waals surface area contributed by atoms with Gasteiger partial charge in [0, 0.05) is 32.2 Å². The zero-order valence-corrected chi connectivity index (χ0v) is 14.4. The molecule has 0 saturated heterocycles. The van der Waals surface area contributed by atoms with Crippen molar-refractivity contribution in [1.82, 2.24) is 29.2 Å². The number of aryl methyl sites for hydroxylation is 3. The second-order valence-corrected chi connectivity index (χ2v) is 5.91. The lowest BCUT2D eigenvalue weighted by molar-refractivity contribution is 0.0613. The summed E-state index contributed by atoms with van der Waals surface area (Å²) in [7, 11) is 3.32. The van der Waals surface area contributed by atoms with Crippen LogP contribution in [0.4, 0.5) is 8.78 Å². The zero-order valence-electron chi connectivity index (χ0n) is 14.4. The molecule has 0 aliphatic carbocycles. The first kappa shape index (κ1) is 17.0. The Morgan fingerprint density at radius 1 is 1.36 bits per heavy atom. The average Bonchev–Trinajstić information content (AvgIpc) is 3.11. The minimum Gasteiger partial charge on any atom is -0.334 e. The average molecular weight is 348 g/mol. The highest BCUT2D eigenvalue weighted by molar-refractivity contribution is 6.06. The lowest BCUT2D eigenvalue weighted by Crippen LogP contribution is -2.28. The molecular weight excluding hydrogens is 330 g/mol. The Morgan fingerprint density at radius 3 is 2.76 bits per heavy atom. The quantitative estimate of drug-likeness (QED) is 0.726. The van der Waals surface area contributed by atoms with Gasteiger partial charge in [-0.15, -0.1) is 0 Å². The summed E-state index contributed by atoms with van der Waals surface area (Å²) in [4.78, 5) is 22.6. The molecule has 0 spiro atoms. The number of fused-ring (bicyclic) bond motifs is 1. The number of rotatable bonds is 4. The number of pyridine rings is 1. The molecule has 0 atom stereocenters. The van der Waals surface area contributed by atoms with Crippen molar-refractivity contribution in [2.24, 2.45) is 7.05 Å². The van der Waals surface area contributed by atoms with Gasteiger partial charge in [0.2, 0.25) is 0 Å². The van der Waals surface area contributed by atoms with Crippen LogP contribution in [0, 0.1) is 13.8 Å². The van der Waals surface area contributed by atoms with E-state index in [-0.39, 0.29) is 18.3 Å². The molecular formula is C16H18F2N6O. The summed E-state index contributed by atoms with van der Waals surface area (Å²) in [5.41, 5.74) is 2.44. The van der Waals surface area contributed by atoms with Crippen LogP contribution in [0.25, 0.3) is 11.0 Å². The van der Waals surface area contributed by atoms with E-state index in [1.54, 1.807) is 38.7 Å². The molecule has 0 unspecified atom stereocenters. The smallest absolute Gasteiger partial charge is 0.319 e. The Bertz CT molecular complexity index is 946. The number of hydrogen-bond acceptors (Lipinski definition) is 4. The molecule has 9 heteroatoms. The Balaban J connectivity index is 1.98. The maximum Gasteiger partial charge on any atom is 0.319 e. The fourth-order valence-electron chi connectivity index (χ4n) is 2.87. The molecule has 1 amide bonds. The van der Waals surface area contributed by atoms with Crippen molar-refractivity contribution in [3.8, 4) is 0 Å². The molecule has 0 bridgehead atoms. The van der Waals surface area contributed by atoms with Gasteiger partial charge in [0.25, 0.3) is 5.91 Å². The SMILES string of the molecule is Cc1cc(C(=O)N(C)Cc2nccn2C(F)F)c2c(C)nn(C)c2n1. The van der Waals surface area contributed by atoms with Crippen LogP contribution >= 0.6 is 0 Å². The topological polar surface area (TPSA) is 68.8 Å². The first-order valence-corrected chi connectivity index (χ1v) is 7.66. The van der Waals surface area contributed by atoms with Crippen LogP contribution in [0.15, 0.2) is 18.5 Å². The van der Waals surface area contributed by atoms with Crippen LogP contribution in [0.2, 0.25) is 0 Å². The van der Waals surface area contributed by atoms with E-state index in [1.165, 1.54) is 17.3 Å². The van der Waals surface area contributed by atoms with Gasteiger partial charge in [-0.3, -0.25) is 14.0 Å². The molecule has 3 rings (SSSR count). The predicted molar refractivity (Wildman–Crippen MR) is 87.3 cm³/mol. The van der Waals surface area contributed by atoms with Crippen molar-refractivity contribution in [3.63, 3.8) is 0 Å². The number of imidazole rings is 1. The second-order valence-electron chi connectivity index (χ2n) is 5.91. The maximum absolute atomic E-state index is 13.0. The van der Waals surface area contributed by atoms with Crippen LogP contribution in [-0.4, -0.2) is 42.2 Å². The normalized spacial score (nSPS) is 11.5. The van der Waals surface area contributed by atoms with Crippen molar-refractivity contribution in [2.45, 2.75) is 26.9 Å². The fourth-order valence-corrected chi connectivity index (χ4v) is 2.87. The largest absolute Gasteiger partial charge is 0.334 e. The van der Waals surface area contributed by atoms with Crippen molar-refractivity contribution in [1.29, 1.82) is 0 Å². The van der Waals surface area contributed by atoms with E-state index in [0.29, 0.717) is 28.0 Å². The number of aromatic nitrogens is 5. The highest BCUT2D eigenvalue weighted by Crippen LogP contribution is 2.23. The van der Waals surface area contributed by atoms with Crippen LogP contribution in [0.1, 0.15) is 34.1 Å². The third kappa shape index (κ3) is 2.97. The fraction of sp³-hybridized carbons (Fsp3) is 0.375. The number of amides is 1. The van der Waals surface area contributed by atoms with E-state index >= 15 is 0 Å². The van der Waals surface area contributed by atoms with Crippen LogP contribution in [0.5, 0.6) is 0 Å². The molecule has 3 heterocycles. The lowest BCUT2D eigenvalue weighted by atomic mass is 10.1. The van der Waals surface area contributed by atoms with Gasteiger partial charge in [0.15, 0.2) is 5.65 Å². The molecule has 0 aliphatic heterocycles. The van der Waals surface area contributed by atoms with Gasteiger partial charge in [-0.2, -0.15) is 13.9 Å². The zero-order chi connectivity index (χ0) is 18.3. The number of carbonyl (C=O) groups is 1. The van der Waals surface area contributed by atoms with Crippen LogP contribution < -0.4 is 0 Å². The Hall–Kier alpha value is -2.84. The highest BCUT2D eigenvalue weighted by atomic mass is 19.3. The van der Waals surface area contributed by atoms with Gasteiger partial charge in [-0.05, 0) is 19.9 Å². The molecule has 0 fully saturated rings. The predicted octanol–water partition coefficient (Wildman–Crippen LogP) is 2.45. The summed E-state index contributed by atoms with van der Waals surface area (Å²) < 4.78 is 28.3. The Labute approximate surface area is 142 Å². The van der Waals surface area contributed by atoms with Crippen molar-refractivity contribution >= 4 is 16.9 Å². The third-order valence-corrected chi connectivity index (χ3v) is 4.01. The molecule has 0 aromatic carbocycles. The number of nitrogens with zero attached hydrogens (tertiary/aromatic N) is 6. The standard InChI is InChI=1S/C16H18F2N6O/c1-9-7-11(13-10(2)21-23(4)14(13)20-9)15(25)22(3)8-12-19-5-6-24(12)16(17)18/h5-7,16H,8H2,1-4H3. The van der Waals surface area contributed by atoms with Gasteiger partial charge in [0.05, 0.1) is 23.2 Å². The van der Waals surface area contributed by atoms with E-state index in [1.807, 2.05) is 0 Å². The number of carbonyl (C=O) groups excluding carboxylic acids is 1. The third-order valence-electron chi connectivity index (χ3n) is 4.01. The van der Waals surface area contributed by atoms with E-state index in [0.717, 1.165) is 4.57 Å².